The molecule has 0 bridgehead atoms. The van der Waals surface area contributed by atoms with E-state index in [1.807, 2.05) is 0 Å². The van der Waals surface area contributed by atoms with Gasteiger partial charge in [-0.1, -0.05) is 74.9 Å². The van der Waals surface area contributed by atoms with Gasteiger partial charge in [-0.15, -0.1) is 0 Å². The molecule has 332 valence electrons. The number of carbonyl (C=O) groups excluding carboxylic acids is 4. The van der Waals surface area contributed by atoms with Gasteiger partial charge in [-0.2, -0.15) is 4.58 Å². The van der Waals surface area contributed by atoms with E-state index in [0.717, 1.165) is 25.8 Å². The van der Waals surface area contributed by atoms with Gasteiger partial charge in [0.15, 0.2) is 17.3 Å². The number of hydrogen-bond acceptors (Lipinski definition) is 10. The Balaban J connectivity index is 0.00000819. The van der Waals surface area contributed by atoms with Gasteiger partial charge in [0.05, 0.1) is 64.7 Å². The lowest BCUT2D eigenvalue weighted by molar-refractivity contribution is -0.401. The monoisotopic (exact) mass is 861 g/mol. The number of unbranched alkanes of at least 4 members (excludes halogenated alkanes) is 2. The van der Waals surface area contributed by atoms with E-state index in [2.05, 4.69) is 128 Å². The molecule has 0 saturated heterocycles. The zero-order valence-electron chi connectivity index (χ0n) is 36.6. The van der Waals surface area contributed by atoms with Crippen LogP contribution in [0.5, 0.6) is 0 Å². The van der Waals surface area contributed by atoms with Crippen molar-refractivity contribution < 1.29 is 59.8 Å². The number of anilines is 1. The predicted octanol–water partition coefficient (Wildman–Crippen LogP) is 3.47. The first-order valence-corrected chi connectivity index (χ1v) is 21.4. The Hall–Kier alpha value is -4.46. The number of carbonyl (C=O) groups is 4. The zero-order chi connectivity index (χ0) is 43.0. The van der Waals surface area contributed by atoms with Crippen molar-refractivity contribution in [3.8, 4) is 0 Å². The molecule has 0 atom stereocenters. The molecule has 0 aromatic heterocycles. The summed E-state index contributed by atoms with van der Waals surface area (Å²) in [7, 11) is 2.14. The quantitative estimate of drug-likeness (QED) is 0.0521. The number of para-hydroxylation sites is 2. The third kappa shape index (κ3) is 13.5. The second-order valence-electron chi connectivity index (χ2n) is 16.3. The fraction of sp³-hybridized carbons (Fsp3) is 0.521. The number of ketones is 2. The largest absolute Gasteiger partial charge is 1.00 e. The molecule has 13 heteroatoms. The molecule has 0 radical (unpaired) electrons. The predicted molar refractivity (Wildman–Crippen MR) is 232 cm³/mol. The first kappa shape index (κ1) is 49.2. The van der Waals surface area contributed by atoms with Gasteiger partial charge in [-0.3, -0.25) is 19.2 Å². The summed E-state index contributed by atoms with van der Waals surface area (Å²) in [5.74, 6) is -1.28. The molecule has 1 N–H and O–H groups in total. The molecule has 2 heterocycles. The molecule has 0 spiro atoms. The van der Waals surface area contributed by atoms with Crippen molar-refractivity contribution in [2.24, 2.45) is 0 Å². The Bertz CT molecular complexity index is 1920. The number of hydrogen-bond donors (Lipinski definition) is 1. The summed E-state index contributed by atoms with van der Waals surface area (Å²) >= 11 is 0. The number of halogens is 1. The summed E-state index contributed by atoms with van der Waals surface area (Å²) in [6.07, 6.45) is 13.1. The van der Waals surface area contributed by atoms with Gasteiger partial charge in [0.1, 0.15) is 7.05 Å². The van der Waals surface area contributed by atoms with Crippen molar-refractivity contribution in [2.75, 3.05) is 77.9 Å². The van der Waals surface area contributed by atoms with E-state index in [4.69, 9.17) is 23.7 Å². The van der Waals surface area contributed by atoms with Crippen LogP contribution in [-0.2, 0) is 53.7 Å². The van der Waals surface area contributed by atoms with Gasteiger partial charge in [-0.25, -0.2) is 0 Å². The van der Waals surface area contributed by atoms with Crippen LogP contribution in [-0.4, -0.2) is 113 Å². The second-order valence-corrected chi connectivity index (χ2v) is 16.3. The fourth-order valence-corrected chi connectivity index (χ4v) is 8.05. The van der Waals surface area contributed by atoms with E-state index in [-0.39, 0.29) is 66.6 Å². The summed E-state index contributed by atoms with van der Waals surface area (Å²) < 4.78 is 29.1. The Labute approximate surface area is 367 Å². The van der Waals surface area contributed by atoms with Gasteiger partial charge < -0.3 is 46.3 Å². The van der Waals surface area contributed by atoms with E-state index in [0.29, 0.717) is 59.2 Å². The molecule has 2 aromatic carbocycles. The lowest BCUT2D eigenvalue weighted by atomic mass is 9.81. The standard InChI is InChI=1S/C48H63N3O9.ClH/c1-47(2)36-16-11-13-18-38(36)50(5)42(47)20-8-6-9-21-43-48(3,4)37-17-12-14-19-39(37)51(43)27-15-7-10-22-44(54)49-26-29-57-31-33-59-35-34-58-32-30-56-28-25-45(55)60-46-40(52)23-24-41(46)53;/h6,8-9,11-14,16-21,46H,7,10,15,22-35H2,1-5H3;1H. The van der Waals surface area contributed by atoms with Gasteiger partial charge in [0.2, 0.25) is 17.7 Å². The van der Waals surface area contributed by atoms with E-state index in [1.54, 1.807) is 0 Å². The summed E-state index contributed by atoms with van der Waals surface area (Å²) in [6.45, 7) is 13.3. The maximum Gasteiger partial charge on any atom is 0.309 e. The number of fused-ring (bicyclic) bond motifs is 2. The van der Waals surface area contributed by atoms with Crippen LogP contribution in [0.3, 0.4) is 0 Å². The van der Waals surface area contributed by atoms with Crippen molar-refractivity contribution in [2.45, 2.75) is 89.6 Å². The minimum absolute atomic E-state index is 0. The maximum atomic E-state index is 12.5. The second kappa shape index (κ2) is 24.2. The smallest absolute Gasteiger partial charge is 0.309 e. The van der Waals surface area contributed by atoms with Crippen LogP contribution in [0.25, 0.3) is 0 Å². The topological polar surface area (TPSA) is 133 Å². The normalized spacial score (nSPS) is 17.5. The molecule has 1 aliphatic carbocycles. The Morgan fingerprint density at radius 3 is 2.02 bits per heavy atom. The van der Waals surface area contributed by atoms with Crippen LogP contribution in [0, 0.1) is 0 Å². The minimum Gasteiger partial charge on any atom is -1.00 e. The Morgan fingerprint density at radius 2 is 1.34 bits per heavy atom. The Morgan fingerprint density at radius 1 is 0.738 bits per heavy atom. The molecule has 1 fully saturated rings. The van der Waals surface area contributed by atoms with E-state index < -0.39 is 12.1 Å². The Kier molecular flexibility index (Phi) is 19.6. The van der Waals surface area contributed by atoms with Gasteiger partial charge in [-0.05, 0) is 44.4 Å². The number of Topliss-reactive ketones (excluding diaryl/α,β-unsaturated/α-hetero) is 2. The summed E-state index contributed by atoms with van der Waals surface area (Å²) in [5.41, 5.74) is 7.58. The number of esters is 1. The van der Waals surface area contributed by atoms with Crippen molar-refractivity contribution in [1.82, 2.24) is 5.32 Å². The number of allylic oxidation sites excluding steroid dienone is 6. The highest BCUT2D eigenvalue weighted by atomic mass is 35.5. The first-order valence-electron chi connectivity index (χ1n) is 21.4. The summed E-state index contributed by atoms with van der Waals surface area (Å²) in [5, 5.41) is 2.95. The van der Waals surface area contributed by atoms with Gasteiger partial charge >= 0.3 is 5.97 Å². The van der Waals surface area contributed by atoms with Crippen LogP contribution < -0.4 is 22.6 Å². The molecule has 1 saturated carbocycles. The van der Waals surface area contributed by atoms with Crippen molar-refractivity contribution in [1.29, 1.82) is 0 Å². The van der Waals surface area contributed by atoms with Crippen molar-refractivity contribution in [3.05, 3.63) is 95.7 Å². The summed E-state index contributed by atoms with van der Waals surface area (Å²) in [6, 6.07) is 17.3. The van der Waals surface area contributed by atoms with Crippen LogP contribution >= 0.6 is 0 Å². The van der Waals surface area contributed by atoms with Crippen molar-refractivity contribution in [3.63, 3.8) is 0 Å². The lowest BCUT2D eigenvalue weighted by Crippen LogP contribution is -3.00. The molecule has 2 aliphatic heterocycles. The molecule has 5 rings (SSSR count). The molecular formula is C48H64ClN3O9. The highest BCUT2D eigenvalue weighted by molar-refractivity contribution is 6.12. The average Bonchev–Trinajstić information content (AvgIpc) is 3.73. The number of nitrogens with zero attached hydrogens (tertiary/aromatic N) is 2. The number of rotatable bonds is 25. The third-order valence-electron chi connectivity index (χ3n) is 11.3. The molecule has 3 aliphatic rings. The van der Waals surface area contributed by atoms with Crippen LogP contribution in [0.4, 0.5) is 11.4 Å². The number of benzene rings is 2. The fourth-order valence-electron chi connectivity index (χ4n) is 8.05. The maximum absolute atomic E-state index is 12.5. The van der Waals surface area contributed by atoms with Crippen LogP contribution in [0.1, 0.15) is 83.8 Å². The van der Waals surface area contributed by atoms with Gasteiger partial charge in [0, 0.05) is 66.9 Å². The molecule has 2 aromatic rings. The number of ether oxygens (including phenoxy) is 5. The van der Waals surface area contributed by atoms with Crippen molar-refractivity contribution >= 4 is 40.5 Å². The summed E-state index contributed by atoms with van der Waals surface area (Å²) in [4.78, 5) is 49.8. The highest BCUT2D eigenvalue weighted by Crippen LogP contribution is 2.47. The number of nitrogens with one attached hydrogen (secondary N) is 1. The van der Waals surface area contributed by atoms with Crippen LogP contribution in [0.15, 0.2) is 84.6 Å². The van der Waals surface area contributed by atoms with E-state index in [9.17, 15) is 19.2 Å². The van der Waals surface area contributed by atoms with Gasteiger partial charge in [0.25, 0.3) is 0 Å². The molecular weight excluding hydrogens is 798 g/mol. The molecule has 61 heavy (non-hydrogen) atoms. The molecule has 0 unspecified atom stereocenters. The van der Waals surface area contributed by atoms with Crippen LogP contribution in [0.2, 0.25) is 0 Å². The highest BCUT2D eigenvalue weighted by Gasteiger charge is 2.43. The molecule has 1 amide bonds. The SMILES string of the molecule is C[N+]1=C(/C=C/C=C/C=C2\N(CCCCCC(=O)NCCOCCOCCOCCOCCC(=O)OC3C(=O)CCC3=O)c3ccccc3C2(C)C)C(C)(C)c2ccccc21.[Cl-]. The average molecular weight is 863 g/mol. The van der Waals surface area contributed by atoms with E-state index >= 15 is 0 Å². The first-order chi connectivity index (χ1) is 28.9. The minimum atomic E-state index is -1.24. The lowest BCUT2D eigenvalue weighted by Gasteiger charge is -2.27. The number of amides is 1. The third-order valence-corrected chi connectivity index (χ3v) is 11.3. The molecule has 12 nitrogen and oxygen atoms in total. The zero-order valence-corrected chi connectivity index (χ0v) is 37.3. The van der Waals surface area contributed by atoms with E-state index in [1.165, 1.54) is 33.9 Å².